The van der Waals surface area contributed by atoms with Crippen LogP contribution in [-0.2, 0) is 4.74 Å². The molecule has 1 saturated heterocycles. The van der Waals surface area contributed by atoms with E-state index in [4.69, 9.17) is 16.3 Å². The van der Waals surface area contributed by atoms with Crippen LogP contribution in [0.4, 0.5) is 10.1 Å². The zero-order valence-electron chi connectivity index (χ0n) is 10.0. The first-order chi connectivity index (χ1) is 8.56. The molecule has 0 aromatic heterocycles. The van der Waals surface area contributed by atoms with Crippen molar-refractivity contribution >= 4 is 33.2 Å². The number of nitrogens with zero attached hydrogens (tertiary/aromatic N) is 1. The smallest absolute Gasteiger partial charge is 0.125 e. The lowest BCUT2D eigenvalue weighted by Crippen LogP contribution is -2.43. The van der Waals surface area contributed by atoms with Gasteiger partial charge in [-0.3, -0.25) is 0 Å². The van der Waals surface area contributed by atoms with Crippen LogP contribution in [0.15, 0.2) is 16.6 Å². The van der Waals surface area contributed by atoms with E-state index in [1.54, 1.807) is 0 Å². The Kier molecular flexibility index (Phi) is 4.84. The fourth-order valence-corrected chi connectivity index (χ4v) is 2.88. The maximum Gasteiger partial charge on any atom is 0.125 e. The van der Waals surface area contributed by atoms with Crippen molar-refractivity contribution in [3.8, 4) is 0 Å². The van der Waals surface area contributed by atoms with Crippen molar-refractivity contribution in [2.24, 2.45) is 0 Å². The Hall–Kier alpha value is -0.360. The van der Waals surface area contributed by atoms with Crippen LogP contribution < -0.4 is 5.32 Å². The number of morpholine rings is 1. The Balaban J connectivity index is 1.97. The molecule has 1 atom stereocenters. The molecule has 1 aliphatic heterocycles. The zero-order chi connectivity index (χ0) is 13.1. The van der Waals surface area contributed by atoms with E-state index < -0.39 is 0 Å². The normalized spacial score (nSPS) is 21.0. The number of likely N-dealkylation sites (N-methyl/N-ethyl adjacent to an activating group) is 1. The lowest BCUT2D eigenvalue weighted by Gasteiger charge is -2.30. The maximum absolute atomic E-state index is 13.1. The molecule has 1 fully saturated rings. The molecule has 1 aromatic rings. The predicted octanol–water partition coefficient (Wildman–Crippen LogP) is 2.98. The van der Waals surface area contributed by atoms with Gasteiger partial charge < -0.3 is 15.0 Å². The van der Waals surface area contributed by atoms with Crippen LogP contribution in [-0.4, -0.2) is 44.3 Å². The summed E-state index contributed by atoms with van der Waals surface area (Å²) in [6.45, 7) is 3.22. The molecule has 1 heterocycles. The summed E-state index contributed by atoms with van der Waals surface area (Å²) in [6, 6.07) is 2.69. The number of ether oxygens (including phenoxy) is 1. The Morgan fingerprint density at radius 3 is 3.06 bits per heavy atom. The average Bonchev–Trinajstić information content (AvgIpc) is 2.27. The van der Waals surface area contributed by atoms with Gasteiger partial charge in [-0.25, -0.2) is 4.39 Å². The highest BCUT2D eigenvalue weighted by Gasteiger charge is 2.18. The molecule has 100 valence electrons. The summed E-state index contributed by atoms with van der Waals surface area (Å²) in [4.78, 5) is 2.22. The summed E-state index contributed by atoms with van der Waals surface area (Å²) < 4.78 is 19.3. The fourth-order valence-electron chi connectivity index (χ4n) is 1.92. The minimum atomic E-state index is -0.355. The number of rotatable bonds is 3. The van der Waals surface area contributed by atoms with E-state index in [0.717, 1.165) is 19.7 Å². The number of nitrogens with one attached hydrogen (secondary N) is 1. The van der Waals surface area contributed by atoms with Gasteiger partial charge in [-0.15, -0.1) is 0 Å². The third-order valence-electron chi connectivity index (χ3n) is 2.86. The molecule has 1 aliphatic rings. The molecule has 0 radical (unpaired) electrons. The van der Waals surface area contributed by atoms with Crippen molar-refractivity contribution in [1.82, 2.24) is 4.90 Å². The van der Waals surface area contributed by atoms with Gasteiger partial charge in [0.1, 0.15) is 5.82 Å². The molecular formula is C12H15BrClFN2O. The first-order valence-electron chi connectivity index (χ1n) is 5.75. The number of anilines is 1. The van der Waals surface area contributed by atoms with E-state index in [1.165, 1.54) is 12.1 Å². The number of benzene rings is 1. The average molecular weight is 338 g/mol. The van der Waals surface area contributed by atoms with Crippen molar-refractivity contribution < 1.29 is 9.13 Å². The third-order valence-corrected chi connectivity index (χ3v) is 3.78. The highest BCUT2D eigenvalue weighted by molar-refractivity contribution is 9.10. The summed E-state index contributed by atoms with van der Waals surface area (Å²) >= 11 is 9.29. The molecule has 18 heavy (non-hydrogen) atoms. The largest absolute Gasteiger partial charge is 0.380 e. The van der Waals surface area contributed by atoms with E-state index in [9.17, 15) is 4.39 Å². The molecule has 6 heteroatoms. The first-order valence-corrected chi connectivity index (χ1v) is 6.92. The number of halogens is 3. The second-order valence-corrected chi connectivity index (χ2v) is 5.64. The molecule has 0 spiro atoms. The summed E-state index contributed by atoms with van der Waals surface area (Å²) in [7, 11) is 2.07. The van der Waals surface area contributed by atoms with Crippen molar-refractivity contribution in [2.75, 3.05) is 38.6 Å². The highest BCUT2D eigenvalue weighted by atomic mass is 79.9. The van der Waals surface area contributed by atoms with Gasteiger partial charge in [-0.1, -0.05) is 11.6 Å². The summed E-state index contributed by atoms with van der Waals surface area (Å²) in [6.07, 6.45) is 0.122. The SMILES string of the molecule is CN1CCOC(CNc2c(Cl)cc(F)cc2Br)C1. The second-order valence-electron chi connectivity index (χ2n) is 4.38. The van der Waals surface area contributed by atoms with Gasteiger partial charge in [-0.2, -0.15) is 0 Å². The molecular weight excluding hydrogens is 322 g/mol. The molecule has 0 amide bonds. The predicted molar refractivity (Wildman–Crippen MR) is 74.8 cm³/mol. The van der Waals surface area contributed by atoms with Gasteiger partial charge in [-0.05, 0) is 35.1 Å². The molecule has 1 aromatic carbocycles. The Morgan fingerprint density at radius 1 is 1.61 bits per heavy atom. The molecule has 1 unspecified atom stereocenters. The maximum atomic E-state index is 13.1. The minimum Gasteiger partial charge on any atom is -0.380 e. The zero-order valence-corrected chi connectivity index (χ0v) is 12.4. The molecule has 0 bridgehead atoms. The molecule has 0 saturated carbocycles. The summed E-state index contributed by atoms with van der Waals surface area (Å²) in [5.74, 6) is -0.355. The van der Waals surface area contributed by atoms with Crippen LogP contribution >= 0.6 is 27.5 Å². The Morgan fingerprint density at radius 2 is 2.39 bits per heavy atom. The van der Waals surface area contributed by atoms with Gasteiger partial charge in [0, 0.05) is 24.1 Å². The van der Waals surface area contributed by atoms with Crippen molar-refractivity contribution in [1.29, 1.82) is 0 Å². The van der Waals surface area contributed by atoms with E-state index in [-0.39, 0.29) is 11.9 Å². The van der Waals surface area contributed by atoms with Gasteiger partial charge in [0.2, 0.25) is 0 Å². The van der Waals surface area contributed by atoms with Crippen LogP contribution in [0.3, 0.4) is 0 Å². The van der Waals surface area contributed by atoms with Crippen LogP contribution in [0.1, 0.15) is 0 Å². The van der Waals surface area contributed by atoms with E-state index in [2.05, 4.69) is 33.2 Å². The second kappa shape index (κ2) is 6.19. The van der Waals surface area contributed by atoms with Crippen molar-refractivity contribution in [2.45, 2.75) is 6.10 Å². The fraction of sp³-hybridized carbons (Fsp3) is 0.500. The van der Waals surface area contributed by atoms with E-state index >= 15 is 0 Å². The topological polar surface area (TPSA) is 24.5 Å². The summed E-state index contributed by atoms with van der Waals surface area (Å²) in [5, 5.41) is 3.57. The van der Waals surface area contributed by atoms with E-state index in [0.29, 0.717) is 21.7 Å². The standard InChI is InChI=1S/C12H15BrClFN2O/c1-17-2-3-18-9(7-17)6-16-12-10(13)4-8(15)5-11(12)14/h4-5,9,16H,2-3,6-7H2,1H3. The van der Waals surface area contributed by atoms with Crippen LogP contribution in [0.25, 0.3) is 0 Å². The van der Waals surface area contributed by atoms with Gasteiger partial charge in [0.25, 0.3) is 0 Å². The molecule has 1 N–H and O–H groups in total. The summed E-state index contributed by atoms with van der Waals surface area (Å²) in [5.41, 5.74) is 0.704. The molecule has 3 nitrogen and oxygen atoms in total. The number of hydrogen-bond acceptors (Lipinski definition) is 3. The van der Waals surface area contributed by atoms with Crippen molar-refractivity contribution in [3.63, 3.8) is 0 Å². The van der Waals surface area contributed by atoms with Crippen LogP contribution in [0.2, 0.25) is 5.02 Å². The van der Waals surface area contributed by atoms with Gasteiger partial charge in [0.05, 0.1) is 23.4 Å². The molecule has 2 rings (SSSR count). The Bertz CT molecular complexity index is 410. The van der Waals surface area contributed by atoms with Crippen molar-refractivity contribution in [3.05, 3.63) is 27.4 Å². The quantitative estimate of drug-likeness (QED) is 0.918. The highest BCUT2D eigenvalue weighted by Crippen LogP contribution is 2.31. The molecule has 0 aliphatic carbocycles. The van der Waals surface area contributed by atoms with Gasteiger partial charge >= 0.3 is 0 Å². The minimum absolute atomic E-state index is 0.122. The van der Waals surface area contributed by atoms with Crippen LogP contribution in [0, 0.1) is 5.82 Å². The first kappa shape index (κ1) is 14.1. The third kappa shape index (κ3) is 3.57. The van der Waals surface area contributed by atoms with Crippen LogP contribution in [0.5, 0.6) is 0 Å². The Labute approximate surface area is 119 Å². The monoisotopic (exact) mass is 336 g/mol. The lowest BCUT2D eigenvalue weighted by molar-refractivity contribution is -0.0117. The van der Waals surface area contributed by atoms with E-state index in [1.807, 2.05) is 0 Å². The van der Waals surface area contributed by atoms with Gasteiger partial charge in [0.15, 0.2) is 0 Å². The number of hydrogen-bond donors (Lipinski definition) is 1. The lowest BCUT2D eigenvalue weighted by atomic mass is 10.2.